The van der Waals surface area contributed by atoms with Gasteiger partial charge in [0.2, 0.25) is 0 Å². The van der Waals surface area contributed by atoms with Crippen molar-refractivity contribution in [3.63, 3.8) is 0 Å². The predicted octanol–water partition coefficient (Wildman–Crippen LogP) is 4.90. The number of hydrogen-bond acceptors (Lipinski definition) is 5. The maximum Gasteiger partial charge on any atom is 0.158 e. The molecule has 5 rings (SSSR count). The molecule has 162 valence electrons. The normalized spacial score (nSPS) is 24.7. The Labute approximate surface area is 179 Å². The van der Waals surface area contributed by atoms with Gasteiger partial charge in [-0.25, -0.2) is 0 Å². The van der Waals surface area contributed by atoms with Crippen molar-refractivity contribution < 1.29 is 14.2 Å². The molecule has 0 amide bonds. The van der Waals surface area contributed by atoms with Crippen LogP contribution in [-0.2, 0) is 20.8 Å². The Morgan fingerprint density at radius 3 is 2.77 bits per heavy atom. The highest BCUT2D eigenvalue weighted by Gasteiger charge is 2.28. The zero-order valence-electron chi connectivity index (χ0n) is 18.4. The van der Waals surface area contributed by atoms with E-state index in [1.165, 1.54) is 41.5 Å². The SMILES string of the molecule is Cc1cc(N2CC[C@H](OCC3CC3)C2)c2cc(C)c(COC3CCCCO3)cc2n1. The third-order valence-electron chi connectivity index (χ3n) is 6.69. The van der Waals surface area contributed by atoms with E-state index in [-0.39, 0.29) is 6.29 Å². The highest BCUT2D eigenvalue weighted by Crippen LogP contribution is 2.34. The average molecular weight is 411 g/mol. The monoisotopic (exact) mass is 410 g/mol. The van der Waals surface area contributed by atoms with Crippen LogP contribution in [0, 0.1) is 19.8 Å². The van der Waals surface area contributed by atoms with Crippen LogP contribution >= 0.6 is 0 Å². The summed E-state index contributed by atoms with van der Waals surface area (Å²) in [4.78, 5) is 7.33. The van der Waals surface area contributed by atoms with Crippen molar-refractivity contribution in [2.75, 3.05) is 31.2 Å². The number of aromatic nitrogens is 1. The van der Waals surface area contributed by atoms with Gasteiger partial charge < -0.3 is 19.1 Å². The fourth-order valence-electron chi connectivity index (χ4n) is 4.62. The van der Waals surface area contributed by atoms with E-state index in [0.29, 0.717) is 12.7 Å². The number of fused-ring (bicyclic) bond motifs is 1. The van der Waals surface area contributed by atoms with Crippen LogP contribution in [0.15, 0.2) is 18.2 Å². The van der Waals surface area contributed by atoms with Crippen molar-refractivity contribution in [3.05, 3.63) is 35.0 Å². The van der Waals surface area contributed by atoms with Gasteiger partial charge in [-0.3, -0.25) is 4.98 Å². The van der Waals surface area contributed by atoms with E-state index in [4.69, 9.17) is 19.2 Å². The molecule has 3 aliphatic rings. The minimum atomic E-state index is -0.0629. The van der Waals surface area contributed by atoms with Crippen LogP contribution in [0.5, 0.6) is 0 Å². The lowest BCUT2D eigenvalue weighted by atomic mass is 10.0. The largest absolute Gasteiger partial charge is 0.376 e. The summed E-state index contributed by atoms with van der Waals surface area (Å²) >= 11 is 0. The fourth-order valence-corrected chi connectivity index (χ4v) is 4.62. The predicted molar refractivity (Wildman–Crippen MR) is 119 cm³/mol. The quantitative estimate of drug-likeness (QED) is 0.650. The first-order valence-electron chi connectivity index (χ1n) is 11.7. The lowest BCUT2D eigenvalue weighted by Crippen LogP contribution is -2.24. The lowest BCUT2D eigenvalue weighted by Gasteiger charge is -2.24. The Bertz CT molecular complexity index is 890. The van der Waals surface area contributed by atoms with E-state index in [2.05, 4.69) is 36.9 Å². The van der Waals surface area contributed by atoms with Crippen LogP contribution in [0.2, 0.25) is 0 Å². The van der Waals surface area contributed by atoms with Crippen LogP contribution in [0.1, 0.15) is 55.3 Å². The van der Waals surface area contributed by atoms with Crippen LogP contribution < -0.4 is 4.90 Å². The molecule has 0 N–H and O–H groups in total. The minimum Gasteiger partial charge on any atom is -0.376 e. The molecule has 2 saturated heterocycles. The summed E-state index contributed by atoms with van der Waals surface area (Å²) in [5.41, 5.74) is 5.87. The van der Waals surface area contributed by atoms with Crippen molar-refractivity contribution in [1.29, 1.82) is 0 Å². The van der Waals surface area contributed by atoms with Crippen LogP contribution in [0.4, 0.5) is 5.69 Å². The molecule has 3 heterocycles. The summed E-state index contributed by atoms with van der Waals surface area (Å²) in [5, 5.41) is 1.23. The second kappa shape index (κ2) is 8.81. The maximum absolute atomic E-state index is 6.17. The number of rotatable bonds is 7. The van der Waals surface area contributed by atoms with Gasteiger partial charge in [-0.2, -0.15) is 0 Å². The van der Waals surface area contributed by atoms with E-state index in [1.807, 2.05) is 0 Å². The molecule has 0 spiro atoms. The summed E-state index contributed by atoms with van der Waals surface area (Å²) in [6.45, 7) is 8.64. The molecule has 1 aromatic heterocycles. The van der Waals surface area contributed by atoms with Gasteiger partial charge in [-0.15, -0.1) is 0 Å². The van der Waals surface area contributed by atoms with Gasteiger partial charge in [0.1, 0.15) is 0 Å². The first-order chi connectivity index (χ1) is 14.7. The summed E-state index contributed by atoms with van der Waals surface area (Å²) in [6.07, 6.45) is 7.43. The molecule has 5 heteroatoms. The molecular weight excluding hydrogens is 376 g/mol. The Hall–Kier alpha value is -1.69. The van der Waals surface area contributed by atoms with Gasteiger partial charge in [-0.05, 0) is 87.6 Å². The molecule has 2 atom stereocenters. The number of ether oxygens (including phenoxy) is 3. The Morgan fingerprint density at radius 2 is 1.97 bits per heavy atom. The van der Waals surface area contributed by atoms with Crippen molar-refractivity contribution >= 4 is 16.6 Å². The maximum atomic E-state index is 6.17. The number of nitrogens with zero attached hydrogens (tertiary/aromatic N) is 2. The van der Waals surface area contributed by atoms with Crippen molar-refractivity contribution in [2.24, 2.45) is 5.92 Å². The summed E-state index contributed by atoms with van der Waals surface area (Å²) in [5.74, 6) is 0.824. The van der Waals surface area contributed by atoms with Crippen molar-refractivity contribution in [2.45, 2.75) is 71.4 Å². The second-order valence-corrected chi connectivity index (χ2v) is 9.32. The Balaban J connectivity index is 1.33. The Morgan fingerprint density at radius 1 is 1.07 bits per heavy atom. The number of pyridine rings is 1. The molecule has 30 heavy (non-hydrogen) atoms. The van der Waals surface area contributed by atoms with Gasteiger partial charge in [0.05, 0.1) is 18.2 Å². The molecule has 1 aromatic carbocycles. The molecule has 1 aliphatic carbocycles. The molecule has 3 fully saturated rings. The van der Waals surface area contributed by atoms with Crippen LogP contribution in [0.3, 0.4) is 0 Å². The summed E-state index contributed by atoms with van der Waals surface area (Å²) in [6, 6.07) is 6.73. The van der Waals surface area contributed by atoms with Gasteiger partial charge >= 0.3 is 0 Å². The highest BCUT2D eigenvalue weighted by molar-refractivity contribution is 5.93. The van der Waals surface area contributed by atoms with E-state index >= 15 is 0 Å². The van der Waals surface area contributed by atoms with E-state index in [0.717, 1.165) is 62.7 Å². The van der Waals surface area contributed by atoms with E-state index < -0.39 is 0 Å². The number of benzene rings is 1. The second-order valence-electron chi connectivity index (χ2n) is 9.32. The first-order valence-corrected chi connectivity index (χ1v) is 11.7. The molecule has 1 unspecified atom stereocenters. The molecule has 0 bridgehead atoms. The summed E-state index contributed by atoms with van der Waals surface area (Å²) in [7, 11) is 0. The summed E-state index contributed by atoms with van der Waals surface area (Å²) < 4.78 is 17.9. The van der Waals surface area contributed by atoms with Crippen LogP contribution in [-0.4, -0.2) is 43.7 Å². The zero-order valence-corrected chi connectivity index (χ0v) is 18.4. The average Bonchev–Trinajstić information content (AvgIpc) is 3.47. The third kappa shape index (κ3) is 4.63. The molecular formula is C25H34N2O3. The smallest absolute Gasteiger partial charge is 0.158 e. The van der Waals surface area contributed by atoms with Crippen LogP contribution in [0.25, 0.3) is 10.9 Å². The van der Waals surface area contributed by atoms with E-state index in [9.17, 15) is 0 Å². The van der Waals surface area contributed by atoms with E-state index in [1.54, 1.807) is 0 Å². The van der Waals surface area contributed by atoms with Gasteiger partial charge in [-0.1, -0.05) is 0 Å². The lowest BCUT2D eigenvalue weighted by molar-refractivity contribution is -0.169. The number of hydrogen-bond donors (Lipinski definition) is 0. The van der Waals surface area contributed by atoms with Crippen molar-refractivity contribution in [1.82, 2.24) is 4.98 Å². The molecule has 5 nitrogen and oxygen atoms in total. The fraction of sp³-hybridized carbons (Fsp3) is 0.640. The van der Waals surface area contributed by atoms with Crippen molar-refractivity contribution in [3.8, 4) is 0 Å². The third-order valence-corrected chi connectivity index (χ3v) is 6.69. The van der Waals surface area contributed by atoms with Gasteiger partial charge in [0.15, 0.2) is 6.29 Å². The minimum absolute atomic E-state index is 0.0629. The standard InChI is InChI=1S/C25H34N2O3/c1-17-11-22-23(13-20(17)16-30-25-5-3-4-10-28-25)26-18(2)12-24(22)27-9-8-21(14-27)29-15-19-6-7-19/h11-13,19,21,25H,3-10,14-16H2,1-2H3/t21-,25?/m0/s1. The molecule has 2 aliphatic heterocycles. The number of anilines is 1. The first kappa shape index (κ1) is 20.2. The topological polar surface area (TPSA) is 43.8 Å². The zero-order chi connectivity index (χ0) is 20.5. The highest BCUT2D eigenvalue weighted by atomic mass is 16.7. The molecule has 2 aromatic rings. The number of aryl methyl sites for hydroxylation is 2. The molecule has 1 saturated carbocycles. The van der Waals surface area contributed by atoms with Gasteiger partial charge in [0, 0.05) is 43.1 Å². The Kier molecular flexibility index (Phi) is 5.94. The van der Waals surface area contributed by atoms with Gasteiger partial charge in [0.25, 0.3) is 0 Å². The molecule has 0 radical (unpaired) electrons.